The van der Waals surface area contributed by atoms with E-state index in [1.807, 2.05) is 6.92 Å². The van der Waals surface area contributed by atoms with Crippen LogP contribution in [0.2, 0.25) is 0 Å². The molecule has 2 fully saturated rings. The summed E-state index contributed by atoms with van der Waals surface area (Å²) >= 11 is 1.09. The van der Waals surface area contributed by atoms with Crippen molar-refractivity contribution in [1.82, 2.24) is 24.6 Å². The number of pyridine rings is 1. The largest absolute Gasteiger partial charge is 0.503 e. The van der Waals surface area contributed by atoms with Crippen LogP contribution < -0.4 is 5.43 Å². The Kier molecular flexibility index (Phi) is 4.82. The minimum Gasteiger partial charge on any atom is -0.503 e. The molecule has 1 amide bonds. The van der Waals surface area contributed by atoms with Gasteiger partial charge in [0.05, 0.1) is 12.1 Å². The number of aromatic nitrogens is 3. The predicted molar refractivity (Wildman–Crippen MR) is 120 cm³/mol. The summed E-state index contributed by atoms with van der Waals surface area (Å²) in [4.78, 5) is 30.4. The van der Waals surface area contributed by atoms with E-state index in [1.54, 1.807) is 15.7 Å². The van der Waals surface area contributed by atoms with Gasteiger partial charge in [-0.15, -0.1) is 10.2 Å². The van der Waals surface area contributed by atoms with Gasteiger partial charge >= 0.3 is 0 Å². The van der Waals surface area contributed by atoms with Crippen LogP contribution in [0.25, 0.3) is 10.6 Å². The first kappa shape index (κ1) is 21.4. The number of amides is 1. The zero-order valence-electron chi connectivity index (χ0n) is 18.2. The predicted octanol–water partition coefficient (Wildman–Crippen LogP) is 2.59. The lowest BCUT2D eigenvalue weighted by molar-refractivity contribution is 0.0443. The summed E-state index contributed by atoms with van der Waals surface area (Å²) in [5.41, 5.74) is -0.308. The molecule has 8 nitrogen and oxygen atoms in total. The van der Waals surface area contributed by atoms with Crippen LogP contribution in [0, 0.1) is 11.6 Å². The van der Waals surface area contributed by atoms with Crippen molar-refractivity contribution in [1.29, 1.82) is 0 Å². The summed E-state index contributed by atoms with van der Waals surface area (Å²) in [5.74, 6) is -2.30. The summed E-state index contributed by atoms with van der Waals surface area (Å²) in [6.07, 6.45) is 3.75. The molecule has 0 radical (unpaired) electrons. The van der Waals surface area contributed by atoms with Gasteiger partial charge in [0.1, 0.15) is 22.8 Å². The zero-order chi connectivity index (χ0) is 23.7. The smallest absolute Gasteiger partial charge is 0.276 e. The number of hydrogen-bond donors (Lipinski definition) is 1. The highest BCUT2D eigenvalue weighted by Gasteiger charge is 2.49. The van der Waals surface area contributed by atoms with Gasteiger partial charge in [0, 0.05) is 37.3 Å². The van der Waals surface area contributed by atoms with Crippen LogP contribution in [0.15, 0.2) is 29.2 Å². The van der Waals surface area contributed by atoms with Crippen molar-refractivity contribution in [3.05, 3.63) is 62.5 Å². The summed E-state index contributed by atoms with van der Waals surface area (Å²) in [6, 6.07) is 3.79. The van der Waals surface area contributed by atoms with E-state index in [9.17, 15) is 23.5 Å². The monoisotopic (exact) mass is 485 g/mol. The second kappa shape index (κ2) is 7.67. The van der Waals surface area contributed by atoms with Crippen molar-refractivity contribution in [2.75, 3.05) is 6.54 Å². The van der Waals surface area contributed by atoms with Crippen molar-refractivity contribution in [2.24, 2.45) is 0 Å². The Morgan fingerprint density at radius 2 is 1.97 bits per heavy atom. The molecule has 6 rings (SSSR count). The summed E-state index contributed by atoms with van der Waals surface area (Å²) in [5, 5.41) is 19.6. The van der Waals surface area contributed by atoms with Crippen molar-refractivity contribution in [2.45, 2.75) is 51.0 Å². The number of carbonyl (C=O) groups excluding carboxylic acids is 1. The van der Waals surface area contributed by atoms with E-state index in [2.05, 4.69) is 15.1 Å². The third-order valence-corrected chi connectivity index (χ3v) is 7.73. The Labute approximate surface area is 197 Å². The number of nitrogens with zero attached hydrogens (tertiary/aromatic N) is 5. The molecule has 3 aliphatic rings. The van der Waals surface area contributed by atoms with Crippen molar-refractivity contribution in [3.63, 3.8) is 0 Å². The lowest BCUT2D eigenvalue weighted by atomic mass is 10.1. The number of fused-ring (bicyclic) bond motifs is 2. The first-order valence-corrected chi connectivity index (χ1v) is 11.9. The molecule has 0 bridgehead atoms. The molecule has 1 saturated carbocycles. The normalized spacial score (nSPS) is 22.2. The maximum atomic E-state index is 14.0. The van der Waals surface area contributed by atoms with Gasteiger partial charge in [-0.3, -0.25) is 14.5 Å². The fourth-order valence-electron chi connectivity index (χ4n) is 5.03. The minimum absolute atomic E-state index is 0.00129. The molecule has 1 unspecified atom stereocenters. The van der Waals surface area contributed by atoms with Crippen LogP contribution >= 0.6 is 11.3 Å². The van der Waals surface area contributed by atoms with E-state index in [0.29, 0.717) is 17.6 Å². The second-order valence-electron chi connectivity index (χ2n) is 9.10. The van der Waals surface area contributed by atoms with Gasteiger partial charge in [-0.1, -0.05) is 17.4 Å². The summed E-state index contributed by atoms with van der Waals surface area (Å²) < 4.78 is 28.8. The highest BCUT2D eigenvalue weighted by molar-refractivity contribution is 7.14. The maximum Gasteiger partial charge on any atom is 0.276 e. The van der Waals surface area contributed by atoms with Gasteiger partial charge in [-0.25, -0.2) is 8.78 Å². The van der Waals surface area contributed by atoms with E-state index >= 15 is 0 Å². The Hall–Kier alpha value is -3.18. The molecule has 34 heavy (non-hydrogen) atoms. The standard InChI is InChI=1S/C23H21F2N5O3S/c1-11-8-29(14-4-5-14)18-10-28-9-15(20(31)21(32)19(28)23(33)30(11)18)22-27-26-17(34-22)6-12-2-3-13(24)7-16(12)25/h2-3,7,9,11,14,18,32H,4-6,8,10H2,1H3/t11-,18?/m0/s1. The quantitative estimate of drug-likeness (QED) is 0.611. The van der Waals surface area contributed by atoms with Crippen LogP contribution in [0.5, 0.6) is 5.75 Å². The number of rotatable bonds is 4. The third kappa shape index (κ3) is 3.33. The first-order valence-electron chi connectivity index (χ1n) is 11.1. The Morgan fingerprint density at radius 3 is 2.71 bits per heavy atom. The average molecular weight is 486 g/mol. The van der Waals surface area contributed by atoms with Gasteiger partial charge in [0.15, 0.2) is 16.5 Å². The molecular formula is C23H21F2N5O3S. The van der Waals surface area contributed by atoms with Gasteiger partial charge < -0.3 is 14.6 Å². The molecular weight excluding hydrogens is 464 g/mol. The maximum absolute atomic E-state index is 14.0. The van der Waals surface area contributed by atoms with Gasteiger partial charge in [0.2, 0.25) is 5.43 Å². The molecule has 3 aromatic rings. The van der Waals surface area contributed by atoms with E-state index in [0.717, 1.165) is 36.8 Å². The van der Waals surface area contributed by atoms with Crippen LogP contribution in [-0.2, 0) is 13.0 Å². The molecule has 1 N–H and O–H groups in total. The number of aromatic hydroxyl groups is 1. The Morgan fingerprint density at radius 1 is 1.18 bits per heavy atom. The topological polar surface area (TPSA) is 91.6 Å². The highest BCUT2D eigenvalue weighted by Crippen LogP contribution is 2.39. The van der Waals surface area contributed by atoms with Gasteiger partial charge in [-0.2, -0.15) is 0 Å². The van der Waals surface area contributed by atoms with Gasteiger partial charge in [-0.05, 0) is 31.4 Å². The van der Waals surface area contributed by atoms with Crippen LogP contribution in [0.1, 0.15) is 40.8 Å². The van der Waals surface area contributed by atoms with E-state index < -0.39 is 22.8 Å². The molecule has 11 heteroatoms. The van der Waals surface area contributed by atoms with E-state index in [1.165, 1.54) is 12.1 Å². The Balaban J connectivity index is 1.35. The Bertz CT molecular complexity index is 1390. The molecule has 2 atom stereocenters. The first-order chi connectivity index (χ1) is 16.3. The molecule has 0 spiro atoms. The summed E-state index contributed by atoms with van der Waals surface area (Å²) in [6.45, 7) is 3.20. The minimum atomic E-state index is -0.695. The molecule has 1 aliphatic carbocycles. The molecule has 176 valence electrons. The molecule has 1 saturated heterocycles. The number of hydrogen-bond acceptors (Lipinski definition) is 7. The third-order valence-electron chi connectivity index (χ3n) is 6.78. The molecule has 4 heterocycles. The van der Waals surface area contributed by atoms with Crippen molar-refractivity contribution < 1.29 is 18.7 Å². The number of halogens is 2. The van der Waals surface area contributed by atoms with E-state index in [-0.39, 0.29) is 46.4 Å². The fraction of sp³-hybridized carbons (Fsp3) is 0.391. The van der Waals surface area contributed by atoms with Crippen molar-refractivity contribution >= 4 is 17.2 Å². The number of benzene rings is 1. The lowest BCUT2D eigenvalue weighted by Crippen LogP contribution is -2.52. The summed E-state index contributed by atoms with van der Waals surface area (Å²) in [7, 11) is 0. The van der Waals surface area contributed by atoms with Gasteiger partial charge in [0.25, 0.3) is 5.91 Å². The molecule has 2 aromatic heterocycles. The molecule has 2 aliphatic heterocycles. The van der Waals surface area contributed by atoms with Crippen LogP contribution in [0.4, 0.5) is 8.78 Å². The fourth-order valence-corrected chi connectivity index (χ4v) is 5.90. The lowest BCUT2D eigenvalue weighted by Gasteiger charge is -2.37. The SMILES string of the molecule is C[C@H]1CN(C2CC2)C2Cn3cc(-c4nnc(Cc5ccc(F)cc5F)s4)c(=O)c(O)c3C(=O)N21. The van der Waals surface area contributed by atoms with E-state index in [4.69, 9.17) is 0 Å². The molecule has 1 aromatic carbocycles. The average Bonchev–Trinajstić information content (AvgIpc) is 3.44. The number of carbonyl (C=O) groups is 1. The highest BCUT2D eigenvalue weighted by atomic mass is 32.1. The van der Waals surface area contributed by atoms with Crippen molar-refractivity contribution in [3.8, 4) is 16.3 Å². The van der Waals surface area contributed by atoms with Crippen LogP contribution in [-0.4, -0.2) is 60.4 Å². The second-order valence-corrected chi connectivity index (χ2v) is 10.2. The zero-order valence-corrected chi connectivity index (χ0v) is 19.1. The van der Waals surface area contributed by atoms with Crippen LogP contribution in [0.3, 0.4) is 0 Å².